The Morgan fingerprint density at radius 2 is 1.89 bits per heavy atom. The number of carbonyl (C=O) groups is 2. The largest absolute Gasteiger partial charge is 0.382 e. The molecule has 3 rings (SSSR count). The van der Waals surface area contributed by atoms with E-state index in [1.165, 1.54) is 0 Å². The Hall–Kier alpha value is -2.85. The number of pyridine rings is 1. The maximum absolute atomic E-state index is 12.7. The van der Waals surface area contributed by atoms with Crippen molar-refractivity contribution in [2.24, 2.45) is 0 Å². The van der Waals surface area contributed by atoms with Crippen LogP contribution in [0.3, 0.4) is 0 Å². The fourth-order valence-corrected chi connectivity index (χ4v) is 4.46. The molecule has 3 aromatic rings. The molecule has 0 aliphatic rings. The second kappa shape index (κ2) is 12.9. The van der Waals surface area contributed by atoms with Gasteiger partial charge in [0, 0.05) is 37.9 Å². The number of nitrogens with two attached hydrogens (primary N) is 1. The molecular formula is C26H38N6O3S. The van der Waals surface area contributed by atoms with Crippen LogP contribution in [0.5, 0.6) is 0 Å². The number of nitrogen functional groups attached to an aromatic ring is 1. The van der Waals surface area contributed by atoms with Crippen LogP contribution in [0.4, 0.5) is 5.82 Å². The van der Waals surface area contributed by atoms with Gasteiger partial charge in [-0.3, -0.25) is 9.59 Å². The highest BCUT2D eigenvalue weighted by molar-refractivity contribution is 7.80. The van der Waals surface area contributed by atoms with E-state index in [0.717, 1.165) is 41.5 Å². The zero-order valence-corrected chi connectivity index (χ0v) is 22.4. The lowest BCUT2D eigenvalue weighted by Crippen LogP contribution is -2.46. The third-order valence-electron chi connectivity index (χ3n) is 5.90. The highest BCUT2D eigenvalue weighted by atomic mass is 32.1. The molecule has 4 N–H and O–H groups in total. The summed E-state index contributed by atoms with van der Waals surface area (Å²) in [5, 5.41) is 7.00. The quantitative estimate of drug-likeness (QED) is 0.193. The Balaban J connectivity index is 1.68. The van der Waals surface area contributed by atoms with Crippen molar-refractivity contribution >= 4 is 52.2 Å². The molecule has 0 fully saturated rings. The topological polar surface area (TPSA) is 124 Å². The smallest absolute Gasteiger partial charge is 0.220 e. The van der Waals surface area contributed by atoms with Gasteiger partial charge >= 0.3 is 0 Å². The molecule has 2 aromatic heterocycles. The molecular weight excluding hydrogens is 476 g/mol. The Morgan fingerprint density at radius 1 is 1.11 bits per heavy atom. The minimum atomic E-state index is -0.536. The Morgan fingerprint density at radius 3 is 2.64 bits per heavy atom. The molecule has 0 unspecified atom stereocenters. The molecule has 0 atom stereocenters. The number of aromatic nitrogens is 3. The molecule has 36 heavy (non-hydrogen) atoms. The van der Waals surface area contributed by atoms with Gasteiger partial charge in [0.25, 0.3) is 0 Å². The van der Waals surface area contributed by atoms with E-state index in [4.69, 9.17) is 15.5 Å². The van der Waals surface area contributed by atoms with E-state index in [1.807, 2.05) is 45.0 Å². The minimum Gasteiger partial charge on any atom is -0.382 e. The van der Waals surface area contributed by atoms with Crippen molar-refractivity contribution < 1.29 is 14.3 Å². The lowest BCUT2D eigenvalue weighted by atomic mass is 10.0. The van der Waals surface area contributed by atoms with E-state index in [0.29, 0.717) is 56.2 Å². The number of thiol groups is 1. The van der Waals surface area contributed by atoms with Gasteiger partial charge in [-0.2, -0.15) is 12.6 Å². The first kappa shape index (κ1) is 27.7. The number of rotatable bonds is 14. The molecule has 1 aromatic carbocycles. The number of benzene rings is 1. The number of hydrogen-bond acceptors (Lipinski definition) is 7. The summed E-state index contributed by atoms with van der Waals surface area (Å²) < 4.78 is 7.79. The SMILES string of the molecule is CCOCc1nc2c(N)nc3ccccc3c2n1CC(C)(C)NC(=O)CCCCCNC(=O)CCS. The predicted octanol–water partition coefficient (Wildman–Crippen LogP) is 3.59. The lowest BCUT2D eigenvalue weighted by Gasteiger charge is -2.28. The zero-order valence-electron chi connectivity index (χ0n) is 21.5. The third-order valence-corrected chi connectivity index (χ3v) is 6.12. The molecule has 2 heterocycles. The summed E-state index contributed by atoms with van der Waals surface area (Å²) in [5.74, 6) is 1.69. The number of nitrogens with zero attached hydrogens (tertiary/aromatic N) is 3. The molecule has 0 radical (unpaired) electrons. The van der Waals surface area contributed by atoms with Gasteiger partial charge in [0.2, 0.25) is 11.8 Å². The number of amides is 2. The van der Waals surface area contributed by atoms with Crippen LogP contribution in [0.1, 0.15) is 58.7 Å². The number of hydrogen-bond donors (Lipinski definition) is 4. The first-order valence-electron chi connectivity index (χ1n) is 12.6. The van der Waals surface area contributed by atoms with Gasteiger partial charge < -0.3 is 25.7 Å². The number of fused-ring (bicyclic) bond motifs is 3. The van der Waals surface area contributed by atoms with Gasteiger partial charge in [-0.25, -0.2) is 9.97 Å². The lowest BCUT2D eigenvalue weighted by molar-refractivity contribution is -0.123. The summed E-state index contributed by atoms with van der Waals surface area (Å²) in [4.78, 5) is 33.5. The summed E-state index contributed by atoms with van der Waals surface area (Å²) in [5.41, 5.74) is 8.08. The van der Waals surface area contributed by atoms with Crippen molar-refractivity contribution in [1.29, 1.82) is 0 Å². The number of anilines is 1. The van der Waals surface area contributed by atoms with Gasteiger partial charge in [0.05, 0.1) is 16.6 Å². The third kappa shape index (κ3) is 7.33. The number of carbonyl (C=O) groups excluding carboxylic acids is 2. The van der Waals surface area contributed by atoms with Crippen LogP contribution >= 0.6 is 12.6 Å². The first-order valence-corrected chi connectivity index (χ1v) is 13.2. The van der Waals surface area contributed by atoms with Crippen molar-refractivity contribution in [1.82, 2.24) is 25.2 Å². The summed E-state index contributed by atoms with van der Waals surface area (Å²) in [6, 6.07) is 7.85. The van der Waals surface area contributed by atoms with Crippen molar-refractivity contribution in [3.05, 3.63) is 30.1 Å². The van der Waals surface area contributed by atoms with Gasteiger partial charge in [0.1, 0.15) is 17.9 Å². The van der Waals surface area contributed by atoms with Gasteiger partial charge in [-0.15, -0.1) is 0 Å². The standard InChI is InChI=1S/C26H38N6O3S/c1-4-35-16-20-30-23-24(18-10-7-8-11-19(18)29-25(23)27)32(20)17-26(2,3)31-22(34)12-6-5-9-14-28-21(33)13-15-36/h7-8,10-11,36H,4-6,9,12-17H2,1-3H3,(H2,27,29)(H,28,33)(H,31,34). The summed E-state index contributed by atoms with van der Waals surface area (Å²) in [6.07, 6.45) is 3.35. The fraction of sp³-hybridized carbons (Fsp3) is 0.538. The number of unbranched alkanes of at least 4 members (excludes halogenated alkanes) is 2. The number of para-hydroxylation sites is 1. The first-order chi connectivity index (χ1) is 17.3. The molecule has 0 aliphatic carbocycles. The molecule has 0 saturated carbocycles. The van der Waals surface area contributed by atoms with Crippen molar-refractivity contribution in [2.45, 2.75) is 71.6 Å². The van der Waals surface area contributed by atoms with E-state index in [9.17, 15) is 9.59 Å². The van der Waals surface area contributed by atoms with E-state index >= 15 is 0 Å². The van der Waals surface area contributed by atoms with Crippen molar-refractivity contribution in [3.63, 3.8) is 0 Å². The minimum absolute atomic E-state index is 0.000858. The van der Waals surface area contributed by atoms with Crippen molar-refractivity contribution in [3.8, 4) is 0 Å². The van der Waals surface area contributed by atoms with Crippen LogP contribution in [0.2, 0.25) is 0 Å². The normalized spacial score (nSPS) is 11.8. The highest BCUT2D eigenvalue weighted by Gasteiger charge is 2.25. The summed E-state index contributed by atoms with van der Waals surface area (Å²) in [7, 11) is 0. The van der Waals surface area contributed by atoms with Crippen LogP contribution in [0.25, 0.3) is 21.9 Å². The molecule has 2 amide bonds. The second-order valence-electron chi connectivity index (χ2n) is 9.53. The molecule has 9 nitrogen and oxygen atoms in total. The average molecular weight is 515 g/mol. The van der Waals surface area contributed by atoms with Gasteiger partial charge in [-0.1, -0.05) is 24.6 Å². The summed E-state index contributed by atoms with van der Waals surface area (Å²) >= 11 is 4.06. The van der Waals surface area contributed by atoms with E-state index in [-0.39, 0.29) is 11.8 Å². The molecule has 0 aliphatic heterocycles. The molecule has 0 saturated heterocycles. The highest BCUT2D eigenvalue weighted by Crippen LogP contribution is 2.30. The number of imidazole rings is 1. The fourth-order valence-electron chi connectivity index (χ4n) is 4.26. The number of ether oxygens (including phenoxy) is 1. The Bertz CT molecular complexity index is 1190. The molecule has 0 spiro atoms. The monoisotopic (exact) mass is 514 g/mol. The van der Waals surface area contributed by atoms with Gasteiger partial charge in [0.15, 0.2) is 5.82 Å². The van der Waals surface area contributed by atoms with E-state index < -0.39 is 5.54 Å². The van der Waals surface area contributed by atoms with Crippen LogP contribution in [0, 0.1) is 0 Å². The predicted molar refractivity (Wildman–Crippen MR) is 147 cm³/mol. The van der Waals surface area contributed by atoms with Crippen LogP contribution in [-0.2, 0) is 27.5 Å². The average Bonchev–Trinajstić information content (AvgIpc) is 3.18. The Labute approximate surface area is 218 Å². The zero-order chi connectivity index (χ0) is 26.1. The summed E-state index contributed by atoms with van der Waals surface area (Å²) in [6.45, 7) is 7.99. The Kier molecular flexibility index (Phi) is 9.95. The van der Waals surface area contributed by atoms with Gasteiger partial charge in [-0.05, 0) is 45.4 Å². The maximum Gasteiger partial charge on any atom is 0.220 e. The van der Waals surface area contributed by atoms with Crippen LogP contribution in [-0.4, -0.2) is 50.8 Å². The van der Waals surface area contributed by atoms with Crippen LogP contribution < -0.4 is 16.4 Å². The molecule has 196 valence electrons. The number of nitrogens with one attached hydrogen (secondary N) is 2. The molecule has 10 heteroatoms. The van der Waals surface area contributed by atoms with Crippen LogP contribution in [0.15, 0.2) is 24.3 Å². The maximum atomic E-state index is 12.7. The second-order valence-corrected chi connectivity index (χ2v) is 9.98. The van der Waals surface area contributed by atoms with E-state index in [2.05, 4.69) is 32.8 Å². The van der Waals surface area contributed by atoms with E-state index in [1.54, 1.807) is 0 Å². The molecule has 0 bridgehead atoms. The van der Waals surface area contributed by atoms with Crippen molar-refractivity contribution in [2.75, 3.05) is 24.6 Å².